The van der Waals surface area contributed by atoms with Crippen LogP contribution < -0.4 is 10.0 Å². The number of sulfonamides is 1. The van der Waals surface area contributed by atoms with Crippen molar-refractivity contribution in [3.05, 3.63) is 0 Å². The molecule has 0 aromatic carbocycles. The van der Waals surface area contributed by atoms with Crippen LogP contribution in [-0.4, -0.2) is 71.6 Å². The van der Waals surface area contributed by atoms with Crippen LogP contribution in [-0.2, 0) is 14.8 Å². The summed E-state index contributed by atoms with van der Waals surface area (Å²) in [6, 6.07) is 0. The standard InChI is InChI=1S/C12H25N3O3S/c16-19(17,11-12-1-3-13-4-2-12)14-5-6-15-7-9-18-10-8-15/h12-14H,1-11H2. The average Bonchev–Trinajstić information content (AvgIpc) is 2.40. The molecule has 7 heteroatoms. The minimum absolute atomic E-state index is 0.276. The highest BCUT2D eigenvalue weighted by Crippen LogP contribution is 2.13. The Morgan fingerprint density at radius 2 is 1.89 bits per heavy atom. The topological polar surface area (TPSA) is 70.7 Å². The van der Waals surface area contributed by atoms with E-state index in [-0.39, 0.29) is 5.75 Å². The van der Waals surface area contributed by atoms with Crippen molar-refractivity contribution in [2.75, 3.05) is 58.2 Å². The van der Waals surface area contributed by atoms with Crippen LogP contribution in [0, 0.1) is 5.92 Å². The number of morpholine rings is 1. The second-order valence-electron chi connectivity index (χ2n) is 5.32. The molecule has 0 atom stereocenters. The number of hydrogen-bond acceptors (Lipinski definition) is 5. The largest absolute Gasteiger partial charge is 0.379 e. The molecule has 0 unspecified atom stereocenters. The Kier molecular flexibility index (Phi) is 6.03. The molecule has 0 aliphatic carbocycles. The molecule has 2 aliphatic heterocycles. The van der Waals surface area contributed by atoms with Gasteiger partial charge in [-0.05, 0) is 31.8 Å². The Morgan fingerprint density at radius 3 is 2.58 bits per heavy atom. The molecule has 2 heterocycles. The molecule has 0 bridgehead atoms. The number of rotatable bonds is 6. The average molecular weight is 291 g/mol. The normalized spacial score (nSPS) is 23.6. The fourth-order valence-corrected chi connectivity index (χ4v) is 4.08. The van der Waals surface area contributed by atoms with Gasteiger partial charge in [0, 0.05) is 26.2 Å². The molecular weight excluding hydrogens is 266 g/mol. The summed E-state index contributed by atoms with van der Waals surface area (Å²) in [4.78, 5) is 2.23. The Bertz CT molecular complexity index is 349. The van der Waals surface area contributed by atoms with Gasteiger partial charge in [-0.25, -0.2) is 13.1 Å². The van der Waals surface area contributed by atoms with E-state index in [1.165, 1.54) is 0 Å². The van der Waals surface area contributed by atoms with Crippen LogP contribution >= 0.6 is 0 Å². The summed E-state index contributed by atoms with van der Waals surface area (Å²) >= 11 is 0. The lowest BCUT2D eigenvalue weighted by atomic mass is 10.0. The molecule has 6 nitrogen and oxygen atoms in total. The van der Waals surface area contributed by atoms with Gasteiger partial charge < -0.3 is 10.1 Å². The molecule has 2 aliphatic rings. The van der Waals surface area contributed by atoms with E-state index in [9.17, 15) is 8.42 Å². The van der Waals surface area contributed by atoms with Gasteiger partial charge in [-0.2, -0.15) is 0 Å². The van der Waals surface area contributed by atoms with Gasteiger partial charge in [0.05, 0.1) is 19.0 Å². The van der Waals surface area contributed by atoms with Gasteiger partial charge in [-0.15, -0.1) is 0 Å². The van der Waals surface area contributed by atoms with Crippen LogP contribution in [0.2, 0.25) is 0 Å². The highest BCUT2D eigenvalue weighted by molar-refractivity contribution is 7.89. The van der Waals surface area contributed by atoms with Crippen molar-refractivity contribution in [3.8, 4) is 0 Å². The van der Waals surface area contributed by atoms with Crippen molar-refractivity contribution < 1.29 is 13.2 Å². The summed E-state index contributed by atoms with van der Waals surface area (Å²) < 4.78 is 31.9. The van der Waals surface area contributed by atoms with Gasteiger partial charge in [-0.3, -0.25) is 4.90 Å². The first-order chi connectivity index (χ1) is 9.16. The van der Waals surface area contributed by atoms with Crippen molar-refractivity contribution >= 4 is 10.0 Å². The molecule has 0 saturated carbocycles. The third kappa shape index (κ3) is 5.74. The molecule has 112 valence electrons. The third-order valence-corrected chi connectivity index (χ3v) is 5.32. The number of nitrogens with one attached hydrogen (secondary N) is 2. The fourth-order valence-electron chi connectivity index (χ4n) is 2.60. The van der Waals surface area contributed by atoms with Crippen molar-refractivity contribution in [3.63, 3.8) is 0 Å². The predicted molar refractivity (Wildman–Crippen MR) is 74.6 cm³/mol. The zero-order valence-corrected chi connectivity index (χ0v) is 12.3. The zero-order valence-electron chi connectivity index (χ0n) is 11.4. The van der Waals surface area contributed by atoms with Gasteiger partial charge in [0.1, 0.15) is 0 Å². The highest BCUT2D eigenvalue weighted by atomic mass is 32.2. The number of nitrogens with zero attached hydrogens (tertiary/aromatic N) is 1. The molecule has 19 heavy (non-hydrogen) atoms. The van der Waals surface area contributed by atoms with Crippen LogP contribution in [0.3, 0.4) is 0 Å². The summed E-state index contributed by atoms with van der Waals surface area (Å²) in [5, 5.41) is 3.25. The first kappa shape index (κ1) is 15.2. The Hall–Kier alpha value is -0.210. The van der Waals surface area contributed by atoms with Crippen LogP contribution in [0.25, 0.3) is 0 Å². The van der Waals surface area contributed by atoms with E-state index < -0.39 is 10.0 Å². The number of hydrogen-bond donors (Lipinski definition) is 2. The molecule has 0 radical (unpaired) electrons. The van der Waals surface area contributed by atoms with E-state index in [2.05, 4.69) is 14.9 Å². The predicted octanol–water partition coefficient (Wildman–Crippen LogP) is -0.762. The maximum absolute atomic E-state index is 12.0. The summed E-state index contributed by atoms with van der Waals surface area (Å²) in [5.74, 6) is 0.583. The van der Waals surface area contributed by atoms with Gasteiger partial charge >= 0.3 is 0 Å². The Labute approximate surface area is 115 Å². The quantitative estimate of drug-likeness (QED) is 0.673. The van der Waals surface area contributed by atoms with E-state index in [1.54, 1.807) is 0 Å². The smallest absolute Gasteiger partial charge is 0.211 e. The Morgan fingerprint density at radius 1 is 1.21 bits per heavy atom. The molecule has 2 fully saturated rings. The lowest BCUT2D eigenvalue weighted by Crippen LogP contribution is -2.42. The van der Waals surface area contributed by atoms with Gasteiger partial charge in [-0.1, -0.05) is 0 Å². The lowest BCUT2D eigenvalue weighted by molar-refractivity contribution is 0.0390. The highest BCUT2D eigenvalue weighted by Gasteiger charge is 2.21. The zero-order chi connectivity index (χ0) is 13.6. The second-order valence-corrected chi connectivity index (χ2v) is 7.17. The van der Waals surface area contributed by atoms with Crippen LogP contribution in [0.5, 0.6) is 0 Å². The molecule has 2 rings (SSSR count). The first-order valence-corrected chi connectivity index (χ1v) is 8.79. The minimum Gasteiger partial charge on any atom is -0.379 e. The van der Waals surface area contributed by atoms with E-state index in [0.29, 0.717) is 12.5 Å². The fraction of sp³-hybridized carbons (Fsp3) is 1.00. The van der Waals surface area contributed by atoms with Crippen molar-refractivity contribution in [2.45, 2.75) is 12.8 Å². The van der Waals surface area contributed by atoms with Gasteiger partial charge in [0.2, 0.25) is 10.0 Å². The number of ether oxygens (including phenoxy) is 1. The molecular formula is C12H25N3O3S. The van der Waals surface area contributed by atoms with E-state index in [1.807, 2.05) is 0 Å². The third-order valence-electron chi connectivity index (χ3n) is 3.77. The van der Waals surface area contributed by atoms with Crippen LogP contribution in [0.1, 0.15) is 12.8 Å². The monoisotopic (exact) mass is 291 g/mol. The summed E-state index contributed by atoms with van der Waals surface area (Å²) in [5.41, 5.74) is 0. The summed E-state index contributed by atoms with van der Waals surface area (Å²) in [6.07, 6.45) is 1.93. The van der Waals surface area contributed by atoms with E-state index >= 15 is 0 Å². The van der Waals surface area contributed by atoms with Crippen LogP contribution in [0.15, 0.2) is 0 Å². The molecule has 0 aromatic rings. The van der Waals surface area contributed by atoms with Crippen LogP contribution in [0.4, 0.5) is 0 Å². The lowest BCUT2D eigenvalue weighted by Gasteiger charge is -2.27. The molecule has 0 aromatic heterocycles. The maximum atomic E-state index is 12.0. The van der Waals surface area contributed by atoms with Gasteiger partial charge in [0.15, 0.2) is 0 Å². The first-order valence-electron chi connectivity index (χ1n) is 7.14. The SMILES string of the molecule is O=S(=O)(CC1CCNCC1)NCCN1CCOCC1. The maximum Gasteiger partial charge on any atom is 0.211 e. The second kappa shape index (κ2) is 7.54. The molecule has 0 amide bonds. The summed E-state index contributed by atoms with van der Waals surface area (Å²) in [7, 11) is -3.12. The molecule has 0 spiro atoms. The van der Waals surface area contributed by atoms with Crippen molar-refractivity contribution in [1.29, 1.82) is 0 Å². The van der Waals surface area contributed by atoms with Gasteiger partial charge in [0.25, 0.3) is 0 Å². The van der Waals surface area contributed by atoms with E-state index in [0.717, 1.165) is 58.8 Å². The van der Waals surface area contributed by atoms with Crippen molar-refractivity contribution in [2.24, 2.45) is 5.92 Å². The summed E-state index contributed by atoms with van der Waals surface area (Å²) in [6.45, 7) is 6.46. The molecule has 2 N–H and O–H groups in total. The van der Waals surface area contributed by atoms with E-state index in [4.69, 9.17) is 4.74 Å². The Balaban J connectivity index is 1.65. The molecule has 2 saturated heterocycles. The van der Waals surface area contributed by atoms with Crippen molar-refractivity contribution in [1.82, 2.24) is 14.9 Å². The number of piperidine rings is 1. The minimum atomic E-state index is -3.12.